The fraction of sp³-hybridized carbons (Fsp3) is 0.273. The van der Waals surface area contributed by atoms with Gasteiger partial charge in [-0.2, -0.15) is 18.3 Å². The van der Waals surface area contributed by atoms with Crippen LogP contribution >= 0.6 is 0 Å². The van der Waals surface area contributed by atoms with Gasteiger partial charge in [-0.25, -0.2) is 4.68 Å². The van der Waals surface area contributed by atoms with E-state index in [1.165, 1.54) is 13.2 Å². The summed E-state index contributed by atoms with van der Waals surface area (Å²) in [6.07, 6.45) is -4.76. The smallest absolute Gasteiger partial charge is 0.410 e. The van der Waals surface area contributed by atoms with Crippen molar-refractivity contribution in [3.63, 3.8) is 0 Å². The lowest BCUT2D eigenvalue weighted by molar-refractivity contribution is -0.173. The highest BCUT2D eigenvalue weighted by Gasteiger charge is 2.46. The number of amides is 1. The van der Waals surface area contributed by atoms with Crippen molar-refractivity contribution in [2.75, 3.05) is 17.7 Å². The van der Waals surface area contributed by atoms with Gasteiger partial charge in [0, 0.05) is 18.2 Å². The van der Waals surface area contributed by atoms with E-state index in [2.05, 4.69) is 15.7 Å². The third kappa shape index (κ3) is 4.21. The monoisotopic (exact) mass is 430 g/mol. The molecule has 0 fully saturated rings. The van der Waals surface area contributed by atoms with E-state index in [1.54, 1.807) is 36.4 Å². The van der Waals surface area contributed by atoms with Crippen LogP contribution in [-0.2, 0) is 0 Å². The number of carbonyl (C=O) groups is 1. The predicted octanol–water partition coefficient (Wildman–Crippen LogP) is 5.11. The van der Waals surface area contributed by atoms with Gasteiger partial charge in [-0.1, -0.05) is 30.3 Å². The highest BCUT2D eigenvalue weighted by molar-refractivity contribution is 6.03. The van der Waals surface area contributed by atoms with Crippen molar-refractivity contribution in [3.05, 3.63) is 71.4 Å². The molecule has 31 heavy (non-hydrogen) atoms. The molecule has 1 aliphatic heterocycles. The normalized spacial score (nSPS) is 18.1. The van der Waals surface area contributed by atoms with E-state index in [0.29, 0.717) is 17.0 Å². The average molecular weight is 430 g/mol. The number of aromatic nitrogens is 2. The van der Waals surface area contributed by atoms with Crippen LogP contribution in [0.25, 0.3) is 0 Å². The Balaban J connectivity index is 1.64. The quantitative estimate of drug-likeness (QED) is 0.603. The second kappa shape index (κ2) is 7.98. The van der Waals surface area contributed by atoms with Crippen molar-refractivity contribution in [3.8, 4) is 5.75 Å². The maximum atomic E-state index is 13.8. The van der Waals surface area contributed by atoms with Crippen LogP contribution in [0.4, 0.5) is 24.7 Å². The third-order valence-corrected chi connectivity index (χ3v) is 5.33. The fourth-order valence-electron chi connectivity index (χ4n) is 3.64. The molecular weight excluding hydrogens is 409 g/mol. The molecule has 2 N–H and O–H groups in total. The molecule has 2 aromatic carbocycles. The van der Waals surface area contributed by atoms with Crippen molar-refractivity contribution < 1.29 is 22.7 Å². The number of hydrogen-bond donors (Lipinski definition) is 2. The second-order valence-electron chi connectivity index (χ2n) is 7.39. The molecule has 0 unspecified atom stereocenters. The second-order valence-corrected chi connectivity index (χ2v) is 7.39. The Morgan fingerprint density at radius 1 is 1.19 bits per heavy atom. The Bertz CT molecular complexity index is 1090. The van der Waals surface area contributed by atoms with Crippen molar-refractivity contribution in [1.82, 2.24) is 9.78 Å². The van der Waals surface area contributed by atoms with Gasteiger partial charge in [0.15, 0.2) is 11.7 Å². The number of rotatable bonds is 4. The highest BCUT2D eigenvalue weighted by Crippen LogP contribution is 2.43. The third-order valence-electron chi connectivity index (χ3n) is 5.33. The van der Waals surface area contributed by atoms with Crippen molar-refractivity contribution in [2.45, 2.75) is 31.6 Å². The van der Waals surface area contributed by atoms with Gasteiger partial charge in [-0.05, 0) is 36.2 Å². The number of fused-ring (bicyclic) bond motifs is 1. The minimum atomic E-state index is -4.52. The molecule has 2 atom stereocenters. The number of nitrogens with one attached hydrogen (secondary N) is 2. The first-order valence-corrected chi connectivity index (χ1v) is 9.70. The number of carbonyl (C=O) groups excluding carboxylic acids is 1. The van der Waals surface area contributed by atoms with Crippen molar-refractivity contribution >= 4 is 17.4 Å². The molecule has 3 aromatic rings. The number of benzene rings is 2. The van der Waals surface area contributed by atoms with Crippen molar-refractivity contribution in [1.29, 1.82) is 0 Å². The summed E-state index contributed by atoms with van der Waals surface area (Å²) in [5, 5.41) is 9.77. The van der Waals surface area contributed by atoms with Gasteiger partial charge in [0.1, 0.15) is 11.6 Å². The standard InChI is InChI=1S/C22H21F3N4O2/c1-13-5-3-4-6-16(13)27-21(30)18-12-20-26-17(14-7-9-15(31-2)10-8-14)11-19(22(23,24)25)29(20)28-18/h3-10,12,17,19,26H,11H2,1-2H3,(H,27,30)/t17-,19+/m1/s1. The topological polar surface area (TPSA) is 68.2 Å². The lowest BCUT2D eigenvalue weighted by atomic mass is 9.97. The number of alkyl halides is 3. The molecule has 1 aromatic heterocycles. The van der Waals surface area contributed by atoms with E-state index in [1.807, 2.05) is 19.1 Å². The fourth-order valence-corrected chi connectivity index (χ4v) is 3.64. The van der Waals surface area contributed by atoms with E-state index in [0.717, 1.165) is 10.2 Å². The van der Waals surface area contributed by atoms with Gasteiger partial charge < -0.3 is 15.4 Å². The minimum absolute atomic E-state index is 0.0876. The number of methoxy groups -OCH3 is 1. The van der Waals surface area contributed by atoms with Gasteiger partial charge in [-0.3, -0.25) is 4.79 Å². The van der Waals surface area contributed by atoms with E-state index < -0.39 is 24.2 Å². The number of ether oxygens (including phenoxy) is 1. The molecule has 0 saturated heterocycles. The van der Waals surface area contributed by atoms with Crippen LogP contribution in [0.1, 0.15) is 40.1 Å². The Morgan fingerprint density at radius 3 is 2.55 bits per heavy atom. The van der Waals surface area contributed by atoms with Crippen LogP contribution in [0.2, 0.25) is 0 Å². The molecule has 0 bridgehead atoms. The predicted molar refractivity (Wildman–Crippen MR) is 110 cm³/mol. The maximum Gasteiger partial charge on any atom is 0.410 e. The number of anilines is 2. The number of nitrogens with zero attached hydrogens (tertiary/aromatic N) is 2. The van der Waals surface area contributed by atoms with Crippen LogP contribution in [0.3, 0.4) is 0 Å². The molecule has 6 nitrogen and oxygen atoms in total. The summed E-state index contributed by atoms with van der Waals surface area (Å²) in [6, 6.07) is 12.9. The zero-order valence-electron chi connectivity index (χ0n) is 16.9. The molecule has 9 heteroatoms. The summed E-state index contributed by atoms with van der Waals surface area (Å²) in [5.74, 6) is 0.191. The first-order valence-electron chi connectivity index (χ1n) is 9.70. The summed E-state index contributed by atoms with van der Waals surface area (Å²) in [7, 11) is 1.52. The van der Waals surface area contributed by atoms with Gasteiger partial charge >= 0.3 is 6.18 Å². The molecule has 0 saturated carbocycles. The summed E-state index contributed by atoms with van der Waals surface area (Å²) in [5.41, 5.74) is 2.02. The number of para-hydroxylation sites is 1. The van der Waals surface area contributed by atoms with Crippen LogP contribution in [0, 0.1) is 6.92 Å². The van der Waals surface area contributed by atoms with Gasteiger partial charge in [0.05, 0.1) is 13.2 Å². The highest BCUT2D eigenvalue weighted by atomic mass is 19.4. The lowest BCUT2D eigenvalue weighted by Gasteiger charge is -2.33. The van der Waals surface area contributed by atoms with Crippen LogP contribution in [-0.4, -0.2) is 29.0 Å². The summed E-state index contributed by atoms with van der Waals surface area (Å²) in [4.78, 5) is 12.7. The Kier molecular flexibility index (Phi) is 5.34. The van der Waals surface area contributed by atoms with E-state index >= 15 is 0 Å². The molecule has 1 aliphatic rings. The van der Waals surface area contributed by atoms with Gasteiger partial charge in [-0.15, -0.1) is 0 Å². The van der Waals surface area contributed by atoms with E-state index in [-0.39, 0.29) is 17.9 Å². The first-order chi connectivity index (χ1) is 14.8. The van der Waals surface area contributed by atoms with Gasteiger partial charge in [0.25, 0.3) is 5.91 Å². The van der Waals surface area contributed by atoms with Crippen LogP contribution in [0.15, 0.2) is 54.6 Å². The largest absolute Gasteiger partial charge is 0.497 e. The molecular formula is C22H21F3N4O2. The summed E-state index contributed by atoms with van der Waals surface area (Å²) in [6.45, 7) is 1.83. The first kappa shape index (κ1) is 20.8. The van der Waals surface area contributed by atoms with Crippen molar-refractivity contribution in [2.24, 2.45) is 0 Å². The Morgan fingerprint density at radius 2 is 1.90 bits per heavy atom. The zero-order chi connectivity index (χ0) is 22.2. The van der Waals surface area contributed by atoms with E-state index in [9.17, 15) is 18.0 Å². The molecule has 162 valence electrons. The van der Waals surface area contributed by atoms with Crippen LogP contribution < -0.4 is 15.4 Å². The summed E-state index contributed by atoms with van der Waals surface area (Å²) < 4.78 is 47.5. The molecule has 4 rings (SSSR count). The van der Waals surface area contributed by atoms with Gasteiger partial charge in [0.2, 0.25) is 0 Å². The molecule has 0 radical (unpaired) electrons. The summed E-state index contributed by atoms with van der Waals surface area (Å²) >= 11 is 0. The maximum absolute atomic E-state index is 13.8. The Labute approximate surface area is 177 Å². The molecule has 2 heterocycles. The SMILES string of the molecule is COc1ccc([C@H]2C[C@@H](C(F)(F)F)n3nc(C(=O)Nc4ccccc4C)cc3N2)cc1. The minimum Gasteiger partial charge on any atom is -0.497 e. The van der Waals surface area contributed by atoms with Crippen LogP contribution in [0.5, 0.6) is 5.75 Å². The lowest BCUT2D eigenvalue weighted by Crippen LogP contribution is -2.35. The number of aryl methyl sites for hydroxylation is 1. The average Bonchev–Trinajstić information content (AvgIpc) is 3.18. The van der Waals surface area contributed by atoms with E-state index in [4.69, 9.17) is 4.74 Å². The molecule has 0 spiro atoms. The number of hydrogen-bond acceptors (Lipinski definition) is 4. The molecule has 1 amide bonds. The number of halogens is 3. The molecule has 0 aliphatic carbocycles. The zero-order valence-corrected chi connectivity index (χ0v) is 16.9. The Hall–Kier alpha value is -3.49.